The van der Waals surface area contributed by atoms with Crippen molar-refractivity contribution in [2.24, 2.45) is 5.73 Å². The first-order valence-corrected chi connectivity index (χ1v) is 12.1. The number of nitrogens with one attached hydrogen (secondary N) is 2. The zero-order valence-electron chi connectivity index (χ0n) is 20.9. The van der Waals surface area contributed by atoms with Crippen molar-refractivity contribution in [3.8, 4) is 11.3 Å². The average Bonchev–Trinajstić information content (AvgIpc) is 2.85. The Morgan fingerprint density at radius 2 is 1.89 bits per heavy atom. The summed E-state index contributed by atoms with van der Waals surface area (Å²) in [5.74, 6) is -5.30. The first-order chi connectivity index (χ1) is 18.1. The molecular formula is C26H28F3N7O2. The van der Waals surface area contributed by atoms with E-state index in [-0.39, 0.29) is 17.8 Å². The number of rotatable bonds is 6. The number of nitrogens with two attached hydrogens (primary N) is 2. The van der Waals surface area contributed by atoms with Gasteiger partial charge < -0.3 is 27.0 Å². The molecule has 1 saturated heterocycles. The Labute approximate surface area is 217 Å². The largest absolute Gasteiger partial charge is 0.397 e. The molecule has 9 nitrogen and oxygen atoms in total. The van der Waals surface area contributed by atoms with Gasteiger partial charge in [-0.1, -0.05) is 0 Å². The monoisotopic (exact) mass is 527 g/mol. The molecule has 4 rings (SSSR count). The van der Waals surface area contributed by atoms with Gasteiger partial charge in [0.05, 0.1) is 34.4 Å². The molecular weight excluding hydrogens is 499 g/mol. The van der Waals surface area contributed by atoms with Gasteiger partial charge in [0.15, 0.2) is 11.5 Å². The summed E-state index contributed by atoms with van der Waals surface area (Å²) >= 11 is 0. The van der Waals surface area contributed by atoms with E-state index in [0.717, 1.165) is 37.6 Å². The minimum Gasteiger partial charge on any atom is -0.397 e. The van der Waals surface area contributed by atoms with Crippen LogP contribution in [0, 0.1) is 17.5 Å². The Kier molecular flexibility index (Phi) is 7.81. The van der Waals surface area contributed by atoms with Gasteiger partial charge in [-0.15, -0.1) is 0 Å². The van der Waals surface area contributed by atoms with Crippen LogP contribution in [0.5, 0.6) is 0 Å². The molecule has 0 saturated carbocycles. The van der Waals surface area contributed by atoms with Gasteiger partial charge in [-0.2, -0.15) is 0 Å². The predicted molar refractivity (Wildman–Crippen MR) is 138 cm³/mol. The third-order valence-electron chi connectivity index (χ3n) is 6.06. The van der Waals surface area contributed by atoms with Crippen LogP contribution in [0.3, 0.4) is 0 Å². The minimum atomic E-state index is -1.32. The maximum Gasteiger partial charge on any atom is 0.276 e. The van der Waals surface area contributed by atoms with Crippen LogP contribution in [0.15, 0.2) is 36.7 Å². The Hall–Kier alpha value is -4.19. The lowest BCUT2D eigenvalue weighted by Crippen LogP contribution is -2.43. The lowest BCUT2D eigenvalue weighted by Gasteiger charge is -2.33. The van der Waals surface area contributed by atoms with Gasteiger partial charge >= 0.3 is 0 Å². The quantitative estimate of drug-likeness (QED) is 0.385. The molecule has 0 radical (unpaired) electrons. The number of pyridine rings is 2. The Balaban J connectivity index is 1.71. The van der Waals surface area contributed by atoms with E-state index in [2.05, 4.69) is 20.6 Å². The van der Waals surface area contributed by atoms with E-state index in [1.807, 2.05) is 4.90 Å². The van der Waals surface area contributed by atoms with E-state index in [1.54, 1.807) is 26.1 Å². The summed E-state index contributed by atoms with van der Waals surface area (Å²) in [6.45, 7) is 4.63. The highest BCUT2D eigenvalue weighted by molar-refractivity contribution is 6.08. The minimum absolute atomic E-state index is 0.0272. The van der Waals surface area contributed by atoms with E-state index >= 15 is 4.39 Å². The molecule has 0 spiro atoms. The number of carbonyl (C=O) groups is 2. The van der Waals surface area contributed by atoms with Crippen LogP contribution < -0.4 is 27.0 Å². The summed E-state index contributed by atoms with van der Waals surface area (Å²) in [5.41, 5.74) is 9.99. The SMILES string of the molecule is CC(C)NC(=O)c1ccc(F)c(-c2nc(C(=O)Nc3cnccc3N3CCCC(N)C3)c(N)cc2F)c1F. The van der Waals surface area contributed by atoms with Crippen LogP contribution in [0.4, 0.5) is 30.2 Å². The van der Waals surface area contributed by atoms with Crippen LogP contribution in [-0.4, -0.2) is 47.0 Å². The number of amides is 2. The zero-order chi connectivity index (χ0) is 27.6. The second-order valence-corrected chi connectivity index (χ2v) is 9.36. The molecule has 12 heteroatoms. The normalized spacial score (nSPS) is 15.4. The van der Waals surface area contributed by atoms with Crippen LogP contribution in [0.2, 0.25) is 0 Å². The molecule has 1 aromatic carbocycles. The van der Waals surface area contributed by atoms with Crippen LogP contribution in [0.25, 0.3) is 11.3 Å². The second-order valence-electron chi connectivity index (χ2n) is 9.36. The number of aromatic nitrogens is 2. The average molecular weight is 528 g/mol. The molecule has 2 amide bonds. The van der Waals surface area contributed by atoms with Crippen molar-refractivity contribution in [2.75, 3.05) is 29.0 Å². The standard InChI is InChI=1S/C26H28F3N7O2/c1-13(2)33-25(37)15-5-6-16(27)21(22(15)29)23-17(28)10-18(31)24(35-23)26(38)34-19-11-32-8-7-20(19)36-9-3-4-14(30)12-36/h5-8,10-11,13-14H,3-4,9,12,30-31H2,1-2H3,(H,33,37)(H,34,38). The van der Waals surface area contributed by atoms with Gasteiger partial charge in [-0.3, -0.25) is 14.6 Å². The molecule has 2 aromatic heterocycles. The van der Waals surface area contributed by atoms with Crippen molar-refractivity contribution < 1.29 is 22.8 Å². The topological polar surface area (TPSA) is 139 Å². The lowest BCUT2D eigenvalue weighted by molar-refractivity contribution is 0.0938. The van der Waals surface area contributed by atoms with E-state index in [0.29, 0.717) is 17.9 Å². The first kappa shape index (κ1) is 26.9. The summed E-state index contributed by atoms with van der Waals surface area (Å²) in [6.07, 6.45) is 4.76. The number of nitrogens with zero attached hydrogens (tertiary/aromatic N) is 3. The zero-order valence-corrected chi connectivity index (χ0v) is 20.9. The smallest absolute Gasteiger partial charge is 0.276 e. The number of hydrogen-bond acceptors (Lipinski definition) is 7. The molecule has 200 valence electrons. The van der Waals surface area contributed by atoms with Gasteiger partial charge in [0.25, 0.3) is 11.8 Å². The number of nitrogen functional groups attached to an aromatic ring is 1. The molecule has 38 heavy (non-hydrogen) atoms. The molecule has 1 aliphatic heterocycles. The number of anilines is 3. The van der Waals surface area contributed by atoms with Gasteiger partial charge in [0, 0.05) is 37.4 Å². The third kappa shape index (κ3) is 5.54. The fraction of sp³-hybridized carbons (Fsp3) is 0.308. The third-order valence-corrected chi connectivity index (χ3v) is 6.06. The summed E-state index contributed by atoms with van der Waals surface area (Å²) in [6, 6.07) is 3.90. The van der Waals surface area contributed by atoms with Gasteiger partial charge in [0.1, 0.15) is 17.3 Å². The lowest BCUT2D eigenvalue weighted by atomic mass is 10.0. The van der Waals surface area contributed by atoms with Crippen molar-refractivity contribution >= 4 is 28.9 Å². The summed E-state index contributed by atoms with van der Waals surface area (Å²) in [5, 5.41) is 5.15. The molecule has 0 bridgehead atoms. The molecule has 1 aliphatic rings. The Bertz CT molecular complexity index is 1380. The number of piperidine rings is 1. The van der Waals surface area contributed by atoms with Crippen molar-refractivity contribution in [3.63, 3.8) is 0 Å². The molecule has 1 unspecified atom stereocenters. The molecule has 6 N–H and O–H groups in total. The number of carbonyl (C=O) groups excluding carboxylic acids is 2. The fourth-order valence-electron chi connectivity index (χ4n) is 4.31. The number of benzene rings is 1. The first-order valence-electron chi connectivity index (χ1n) is 12.1. The Morgan fingerprint density at radius 1 is 1.13 bits per heavy atom. The number of hydrogen-bond donors (Lipinski definition) is 4. The highest BCUT2D eigenvalue weighted by Gasteiger charge is 2.27. The van der Waals surface area contributed by atoms with Crippen molar-refractivity contribution in [1.82, 2.24) is 15.3 Å². The summed E-state index contributed by atoms with van der Waals surface area (Å²) < 4.78 is 45.0. The van der Waals surface area contributed by atoms with Crippen molar-refractivity contribution in [1.29, 1.82) is 0 Å². The van der Waals surface area contributed by atoms with E-state index in [1.165, 1.54) is 6.20 Å². The molecule has 1 atom stereocenters. The Morgan fingerprint density at radius 3 is 2.61 bits per heavy atom. The van der Waals surface area contributed by atoms with Gasteiger partial charge in [-0.05, 0) is 44.9 Å². The molecule has 3 heterocycles. The second kappa shape index (κ2) is 11.1. The van der Waals surface area contributed by atoms with Crippen LogP contribution >= 0.6 is 0 Å². The van der Waals surface area contributed by atoms with Gasteiger partial charge in [-0.25, -0.2) is 18.2 Å². The van der Waals surface area contributed by atoms with E-state index in [9.17, 15) is 18.4 Å². The van der Waals surface area contributed by atoms with Crippen LogP contribution in [-0.2, 0) is 0 Å². The molecule has 1 fully saturated rings. The van der Waals surface area contributed by atoms with Crippen LogP contribution in [0.1, 0.15) is 47.5 Å². The highest BCUT2D eigenvalue weighted by Crippen LogP contribution is 2.32. The maximum absolute atomic E-state index is 15.3. The summed E-state index contributed by atoms with van der Waals surface area (Å²) in [7, 11) is 0. The van der Waals surface area contributed by atoms with E-state index < -0.39 is 51.8 Å². The van der Waals surface area contributed by atoms with Crippen molar-refractivity contribution in [3.05, 3.63) is 65.4 Å². The molecule has 0 aliphatic carbocycles. The maximum atomic E-state index is 15.3. The fourth-order valence-corrected chi connectivity index (χ4v) is 4.31. The molecule has 3 aromatic rings. The predicted octanol–water partition coefficient (Wildman–Crippen LogP) is 3.46. The van der Waals surface area contributed by atoms with E-state index in [4.69, 9.17) is 11.5 Å². The highest BCUT2D eigenvalue weighted by atomic mass is 19.1. The van der Waals surface area contributed by atoms with Crippen molar-refractivity contribution in [2.45, 2.75) is 38.8 Å². The van der Waals surface area contributed by atoms with Gasteiger partial charge in [0.2, 0.25) is 0 Å². The number of halogens is 3. The summed E-state index contributed by atoms with van der Waals surface area (Å²) in [4.78, 5) is 35.5.